The minimum Gasteiger partial charge on any atom is -0.319 e. The van der Waals surface area contributed by atoms with Crippen molar-refractivity contribution in [1.29, 1.82) is 0 Å². The number of aromatic nitrogens is 1. The van der Waals surface area contributed by atoms with Crippen LogP contribution in [0.2, 0.25) is 0 Å². The molecule has 0 spiro atoms. The maximum absolute atomic E-state index is 3.51. The Morgan fingerprint density at radius 2 is 1.39 bits per heavy atom. The highest BCUT2D eigenvalue weighted by atomic mass is 79.9. The Kier molecular flexibility index (Phi) is 2.75. The molecule has 0 saturated carbocycles. The second kappa shape index (κ2) is 4.29. The van der Waals surface area contributed by atoms with E-state index in [9.17, 15) is 0 Å². The van der Waals surface area contributed by atoms with E-state index in [4.69, 9.17) is 0 Å². The summed E-state index contributed by atoms with van der Waals surface area (Å²) in [6.07, 6.45) is 0. The van der Waals surface area contributed by atoms with E-state index in [1.54, 1.807) is 0 Å². The molecule has 0 aliphatic heterocycles. The standard InChI is InChI=1S/C16H14BrN/c1-11-3-4-12(2)18(11)16-8-6-13-9-15(17)7-5-14(13)10-16/h3-10H,1-2H3. The number of nitrogens with zero attached hydrogens (tertiary/aromatic N) is 1. The maximum atomic E-state index is 3.51. The van der Waals surface area contributed by atoms with Gasteiger partial charge in [-0.3, -0.25) is 0 Å². The summed E-state index contributed by atoms with van der Waals surface area (Å²) >= 11 is 3.51. The van der Waals surface area contributed by atoms with Crippen molar-refractivity contribution in [2.45, 2.75) is 13.8 Å². The lowest BCUT2D eigenvalue weighted by molar-refractivity contribution is 0.968. The van der Waals surface area contributed by atoms with E-state index in [0.29, 0.717) is 0 Å². The minimum atomic E-state index is 1.12. The van der Waals surface area contributed by atoms with E-state index in [1.165, 1.54) is 27.8 Å². The van der Waals surface area contributed by atoms with Gasteiger partial charge < -0.3 is 4.57 Å². The molecule has 1 aromatic heterocycles. The smallest absolute Gasteiger partial charge is 0.0461 e. The molecule has 0 atom stereocenters. The highest BCUT2D eigenvalue weighted by Crippen LogP contribution is 2.24. The highest BCUT2D eigenvalue weighted by Gasteiger charge is 2.04. The van der Waals surface area contributed by atoms with Gasteiger partial charge in [-0.25, -0.2) is 0 Å². The van der Waals surface area contributed by atoms with Crippen molar-refractivity contribution >= 4 is 26.7 Å². The topological polar surface area (TPSA) is 4.93 Å². The Balaban J connectivity index is 2.23. The molecule has 0 saturated heterocycles. The van der Waals surface area contributed by atoms with Crippen LogP contribution in [-0.2, 0) is 0 Å². The molecule has 18 heavy (non-hydrogen) atoms. The number of rotatable bonds is 1. The summed E-state index contributed by atoms with van der Waals surface area (Å²) in [5.41, 5.74) is 3.76. The fourth-order valence-corrected chi connectivity index (χ4v) is 2.80. The van der Waals surface area contributed by atoms with Crippen LogP contribution in [0.4, 0.5) is 0 Å². The quantitative estimate of drug-likeness (QED) is 0.595. The lowest BCUT2D eigenvalue weighted by Crippen LogP contribution is -1.98. The van der Waals surface area contributed by atoms with Gasteiger partial charge in [0.2, 0.25) is 0 Å². The van der Waals surface area contributed by atoms with Crippen molar-refractivity contribution in [3.05, 3.63) is 64.4 Å². The molecule has 0 N–H and O–H groups in total. The largest absolute Gasteiger partial charge is 0.319 e. The zero-order valence-corrected chi connectivity index (χ0v) is 12.0. The molecule has 2 heteroatoms. The molecule has 3 aromatic rings. The minimum absolute atomic E-state index is 1.12. The predicted octanol–water partition coefficient (Wildman–Crippen LogP) is 5.01. The number of hydrogen-bond donors (Lipinski definition) is 0. The predicted molar refractivity (Wildman–Crippen MR) is 80.4 cm³/mol. The van der Waals surface area contributed by atoms with Gasteiger partial charge in [0, 0.05) is 21.5 Å². The van der Waals surface area contributed by atoms with Crippen LogP contribution in [0.5, 0.6) is 0 Å². The first-order chi connectivity index (χ1) is 8.65. The molecule has 0 aliphatic rings. The van der Waals surface area contributed by atoms with Crippen LogP contribution in [0.1, 0.15) is 11.4 Å². The molecule has 90 valence electrons. The van der Waals surface area contributed by atoms with Gasteiger partial charge in [-0.1, -0.05) is 28.1 Å². The van der Waals surface area contributed by atoms with Crippen LogP contribution >= 0.6 is 15.9 Å². The van der Waals surface area contributed by atoms with Gasteiger partial charge in [0.1, 0.15) is 0 Å². The molecule has 0 bridgehead atoms. The zero-order chi connectivity index (χ0) is 12.7. The molecule has 2 aromatic carbocycles. The van der Waals surface area contributed by atoms with Crippen molar-refractivity contribution in [1.82, 2.24) is 4.57 Å². The molecule has 0 amide bonds. The summed E-state index contributed by atoms with van der Waals surface area (Å²) in [6.45, 7) is 4.28. The Labute approximate surface area is 115 Å². The summed E-state index contributed by atoms with van der Waals surface area (Å²) < 4.78 is 3.40. The van der Waals surface area contributed by atoms with Crippen LogP contribution in [0, 0.1) is 13.8 Å². The molecule has 3 rings (SSSR count). The molecule has 0 fully saturated rings. The third kappa shape index (κ3) is 1.87. The molecular formula is C16H14BrN. The fourth-order valence-electron chi connectivity index (χ4n) is 2.42. The Hall–Kier alpha value is -1.54. The van der Waals surface area contributed by atoms with Crippen LogP contribution in [0.15, 0.2) is 53.0 Å². The van der Waals surface area contributed by atoms with Crippen molar-refractivity contribution < 1.29 is 0 Å². The number of halogens is 1. The van der Waals surface area contributed by atoms with Crippen LogP contribution in [0.3, 0.4) is 0 Å². The van der Waals surface area contributed by atoms with Gasteiger partial charge >= 0.3 is 0 Å². The van der Waals surface area contributed by atoms with E-state index in [0.717, 1.165) is 4.47 Å². The average molecular weight is 300 g/mol. The van der Waals surface area contributed by atoms with E-state index < -0.39 is 0 Å². The van der Waals surface area contributed by atoms with E-state index in [1.807, 2.05) is 0 Å². The van der Waals surface area contributed by atoms with E-state index in [2.05, 4.69) is 82.9 Å². The summed E-state index contributed by atoms with van der Waals surface area (Å²) in [4.78, 5) is 0. The van der Waals surface area contributed by atoms with Gasteiger partial charge in [-0.05, 0) is 61.0 Å². The van der Waals surface area contributed by atoms with Crippen molar-refractivity contribution in [2.24, 2.45) is 0 Å². The van der Waals surface area contributed by atoms with Gasteiger partial charge in [0.25, 0.3) is 0 Å². The van der Waals surface area contributed by atoms with Crippen LogP contribution in [-0.4, -0.2) is 4.57 Å². The highest BCUT2D eigenvalue weighted by molar-refractivity contribution is 9.10. The zero-order valence-electron chi connectivity index (χ0n) is 10.4. The van der Waals surface area contributed by atoms with E-state index in [-0.39, 0.29) is 0 Å². The molecule has 0 aliphatic carbocycles. The molecule has 1 heterocycles. The molecule has 0 radical (unpaired) electrons. The second-order valence-electron chi connectivity index (χ2n) is 4.63. The summed E-state index contributed by atoms with van der Waals surface area (Å²) in [6, 6.07) is 17.3. The summed E-state index contributed by atoms with van der Waals surface area (Å²) in [7, 11) is 0. The first kappa shape index (κ1) is 11.5. The Morgan fingerprint density at radius 3 is 2.11 bits per heavy atom. The second-order valence-corrected chi connectivity index (χ2v) is 5.54. The normalized spacial score (nSPS) is 11.1. The van der Waals surface area contributed by atoms with Gasteiger partial charge in [-0.2, -0.15) is 0 Å². The SMILES string of the molecule is Cc1ccc(C)n1-c1ccc2cc(Br)ccc2c1. The average Bonchev–Trinajstić information content (AvgIpc) is 2.69. The third-order valence-corrected chi connectivity index (χ3v) is 3.81. The van der Waals surface area contributed by atoms with Crippen molar-refractivity contribution in [3.8, 4) is 5.69 Å². The van der Waals surface area contributed by atoms with E-state index >= 15 is 0 Å². The van der Waals surface area contributed by atoms with Gasteiger partial charge in [-0.15, -0.1) is 0 Å². The summed E-state index contributed by atoms with van der Waals surface area (Å²) in [5.74, 6) is 0. The number of fused-ring (bicyclic) bond motifs is 1. The maximum Gasteiger partial charge on any atom is 0.0461 e. The number of benzene rings is 2. The van der Waals surface area contributed by atoms with Gasteiger partial charge in [0.15, 0.2) is 0 Å². The number of hydrogen-bond acceptors (Lipinski definition) is 0. The molecule has 0 unspecified atom stereocenters. The molecular weight excluding hydrogens is 286 g/mol. The number of aryl methyl sites for hydroxylation is 2. The van der Waals surface area contributed by atoms with Crippen LogP contribution in [0.25, 0.3) is 16.5 Å². The Morgan fingerprint density at radius 1 is 0.778 bits per heavy atom. The van der Waals surface area contributed by atoms with Crippen LogP contribution < -0.4 is 0 Å². The summed E-state index contributed by atoms with van der Waals surface area (Å²) in [5, 5.41) is 2.53. The Bertz CT molecular complexity index is 706. The fraction of sp³-hybridized carbons (Fsp3) is 0.125. The lowest BCUT2D eigenvalue weighted by atomic mass is 10.1. The monoisotopic (exact) mass is 299 g/mol. The first-order valence-corrected chi connectivity index (χ1v) is 6.79. The van der Waals surface area contributed by atoms with Crippen molar-refractivity contribution in [2.75, 3.05) is 0 Å². The molecule has 1 nitrogen and oxygen atoms in total. The first-order valence-electron chi connectivity index (χ1n) is 6.00. The van der Waals surface area contributed by atoms with Gasteiger partial charge in [0.05, 0.1) is 0 Å². The third-order valence-electron chi connectivity index (χ3n) is 3.32. The lowest BCUT2D eigenvalue weighted by Gasteiger charge is -2.10. The van der Waals surface area contributed by atoms with Crippen molar-refractivity contribution in [3.63, 3.8) is 0 Å².